The molecule has 2 aromatic carbocycles. The van der Waals surface area contributed by atoms with Gasteiger partial charge in [0.2, 0.25) is 26.0 Å². The lowest BCUT2D eigenvalue weighted by Gasteiger charge is -2.30. The first-order valence-electron chi connectivity index (χ1n) is 10.3. The van der Waals surface area contributed by atoms with E-state index in [9.17, 15) is 21.6 Å². The molecular formula is C22H29N3O5S2. The zero-order valence-corrected chi connectivity index (χ0v) is 20.1. The maximum absolute atomic E-state index is 12.8. The normalized spacial score (nSPS) is 16.0. The molecule has 174 valence electrons. The van der Waals surface area contributed by atoms with Crippen molar-refractivity contribution in [2.24, 2.45) is 5.92 Å². The van der Waals surface area contributed by atoms with Gasteiger partial charge in [-0.1, -0.05) is 30.3 Å². The Hall–Kier alpha value is -2.43. The number of benzene rings is 2. The summed E-state index contributed by atoms with van der Waals surface area (Å²) in [7, 11) is -5.42. The fraction of sp³-hybridized carbons (Fsp3) is 0.409. The van der Waals surface area contributed by atoms with Crippen LogP contribution in [0.15, 0.2) is 48.5 Å². The molecule has 1 amide bonds. The third kappa shape index (κ3) is 5.87. The standard InChI is InChI=1S/C22H29N3O5S2/c1-17-7-4-5-8-19(17)16-32(29,30)25-13-11-18(12-14-25)22(26)23-20-9-6-10-21(15-20)24(2)31(3,27)28/h4-10,15,18H,11-14,16H2,1-3H3,(H,23,26). The minimum Gasteiger partial charge on any atom is -0.326 e. The number of carbonyl (C=O) groups excluding carboxylic acids is 1. The van der Waals surface area contributed by atoms with Crippen LogP contribution in [0, 0.1) is 12.8 Å². The molecular weight excluding hydrogens is 450 g/mol. The number of sulfonamides is 2. The van der Waals surface area contributed by atoms with Crippen LogP contribution in [0.5, 0.6) is 0 Å². The minimum absolute atomic E-state index is 0.0445. The highest BCUT2D eigenvalue weighted by molar-refractivity contribution is 7.92. The molecule has 1 saturated heterocycles. The van der Waals surface area contributed by atoms with Gasteiger partial charge in [0.15, 0.2) is 0 Å². The molecule has 0 bridgehead atoms. The van der Waals surface area contributed by atoms with Crippen LogP contribution in [0.25, 0.3) is 0 Å². The number of aryl methyl sites for hydroxylation is 1. The molecule has 1 aliphatic rings. The average molecular weight is 480 g/mol. The molecule has 8 nitrogen and oxygen atoms in total. The highest BCUT2D eigenvalue weighted by Gasteiger charge is 2.31. The number of hydrogen-bond acceptors (Lipinski definition) is 5. The van der Waals surface area contributed by atoms with Crippen molar-refractivity contribution < 1.29 is 21.6 Å². The summed E-state index contributed by atoms with van der Waals surface area (Å²) in [6, 6.07) is 14.0. The van der Waals surface area contributed by atoms with Gasteiger partial charge in [0, 0.05) is 31.7 Å². The van der Waals surface area contributed by atoms with E-state index in [1.165, 1.54) is 11.4 Å². The summed E-state index contributed by atoms with van der Waals surface area (Å²) in [6.45, 7) is 2.48. The van der Waals surface area contributed by atoms with Gasteiger partial charge in [-0.05, 0) is 49.1 Å². The summed E-state index contributed by atoms with van der Waals surface area (Å²) in [6.07, 6.45) is 1.97. The lowest BCUT2D eigenvalue weighted by Crippen LogP contribution is -2.42. The second-order valence-corrected chi connectivity index (χ2v) is 12.1. The fourth-order valence-corrected chi connectivity index (χ4v) is 5.83. The SMILES string of the molecule is Cc1ccccc1CS(=O)(=O)N1CCC(C(=O)Nc2cccc(N(C)S(C)(=O)=O)c2)CC1. The van der Waals surface area contributed by atoms with E-state index in [2.05, 4.69) is 5.32 Å². The van der Waals surface area contributed by atoms with Crippen molar-refractivity contribution in [1.82, 2.24) is 4.31 Å². The molecule has 1 aliphatic heterocycles. The van der Waals surface area contributed by atoms with E-state index in [0.29, 0.717) is 37.3 Å². The van der Waals surface area contributed by atoms with Crippen LogP contribution in [-0.4, -0.2) is 53.4 Å². The Morgan fingerprint density at radius 2 is 1.72 bits per heavy atom. The molecule has 32 heavy (non-hydrogen) atoms. The van der Waals surface area contributed by atoms with Gasteiger partial charge >= 0.3 is 0 Å². The lowest BCUT2D eigenvalue weighted by molar-refractivity contribution is -0.120. The summed E-state index contributed by atoms with van der Waals surface area (Å²) in [5.41, 5.74) is 2.67. The Kier molecular flexibility index (Phi) is 7.26. The molecule has 3 rings (SSSR count). The number of nitrogens with zero attached hydrogens (tertiary/aromatic N) is 2. The van der Waals surface area contributed by atoms with E-state index in [1.807, 2.05) is 31.2 Å². The second-order valence-electron chi connectivity index (χ2n) is 8.13. The van der Waals surface area contributed by atoms with E-state index in [-0.39, 0.29) is 17.6 Å². The third-order valence-corrected chi connectivity index (χ3v) is 8.83. The Balaban J connectivity index is 1.60. The quantitative estimate of drug-likeness (QED) is 0.657. The van der Waals surface area contributed by atoms with Gasteiger partial charge in [-0.15, -0.1) is 0 Å². The van der Waals surface area contributed by atoms with Gasteiger partial charge < -0.3 is 5.32 Å². The van der Waals surface area contributed by atoms with Crippen LogP contribution >= 0.6 is 0 Å². The number of anilines is 2. The Bertz CT molecular complexity index is 1190. The highest BCUT2D eigenvalue weighted by Crippen LogP contribution is 2.25. The number of hydrogen-bond donors (Lipinski definition) is 1. The Labute approximate surface area is 190 Å². The smallest absolute Gasteiger partial charge is 0.231 e. The van der Waals surface area contributed by atoms with Crippen molar-refractivity contribution in [2.45, 2.75) is 25.5 Å². The van der Waals surface area contributed by atoms with E-state index < -0.39 is 20.0 Å². The molecule has 2 aromatic rings. The lowest BCUT2D eigenvalue weighted by atomic mass is 9.97. The number of amides is 1. The van der Waals surface area contributed by atoms with Crippen LogP contribution in [-0.2, 0) is 30.6 Å². The predicted octanol–water partition coefficient (Wildman–Crippen LogP) is 2.57. The first-order chi connectivity index (χ1) is 15.0. The third-order valence-electron chi connectivity index (χ3n) is 5.79. The van der Waals surface area contributed by atoms with E-state index in [4.69, 9.17) is 0 Å². The fourth-order valence-electron chi connectivity index (χ4n) is 3.67. The zero-order valence-electron chi connectivity index (χ0n) is 18.5. The molecule has 0 aromatic heterocycles. The van der Waals surface area contributed by atoms with E-state index in [1.54, 1.807) is 24.3 Å². The molecule has 1 fully saturated rings. The van der Waals surface area contributed by atoms with Crippen molar-refractivity contribution in [3.63, 3.8) is 0 Å². The first kappa shape index (κ1) is 24.2. The largest absolute Gasteiger partial charge is 0.326 e. The predicted molar refractivity (Wildman–Crippen MR) is 126 cm³/mol. The molecule has 0 spiro atoms. The summed E-state index contributed by atoms with van der Waals surface area (Å²) in [5.74, 6) is -0.548. The monoisotopic (exact) mass is 479 g/mol. The summed E-state index contributed by atoms with van der Waals surface area (Å²) < 4.78 is 51.7. The number of carbonyl (C=O) groups is 1. The van der Waals surface area contributed by atoms with Crippen molar-refractivity contribution in [1.29, 1.82) is 0 Å². The zero-order chi connectivity index (χ0) is 23.5. The topological polar surface area (TPSA) is 104 Å². The van der Waals surface area contributed by atoms with Gasteiger partial charge in [-0.25, -0.2) is 21.1 Å². The van der Waals surface area contributed by atoms with Crippen LogP contribution in [0.4, 0.5) is 11.4 Å². The van der Waals surface area contributed by atoms with Crippen LogP contribution in [0.3, 0.4) is 0 Å². The molecule has 10 heteroatoms. The van der Waals surface area contributed by atoms with Crippen molar-refractivity contribution >= 4 is 37.3 Å². The molecule has 0 unspecified atom stereocenters. The van der Waals surface area contributed by atoms with Gasteiger partial charge in [-0.3, -0.25) is 9.10 Å². The maximum atomic E-state index is 12.8. The van der Waals surface area contributed by atoms with Crippen molar-refractivity contribution in [3.05, 3.63) is 59.7 Å². The molecule has 0 radical (unpaired) electrons. The van der Waals surface area contributed by atoms with Crippen LogP contribution in [0.2, 0.25) is 0 Å². The van der Waals surface area contributed by atoms with Gasteiger partial charge in [0.25, 0.3) is 0 Å². The summed E-state index contributed by atoms with van der Waals surface area (Å²) in [5, 5.41) is 2.83. The number of rotatable bonds is 7. The van der Waals surface area contributed by atoms with Gasteiger partial charge in [0.1, 0.15) is 0 Å². The summed E-state index contributed by atoms with van der Waals surface area (Å²) in [4.78, 5) is 12.7. The second kappa shape index (κ2) is 9.60. The van der Waals surface area contributed by atoms with Gasteiger partial charge in [-0.2, -0.15) is 0 Å². The van der Waals surface area contributed by atoms with Crippen LogP contribution in [0.1, 0.15) is 24.0 Å². The van der Waals surface area contributed by atoms with E-state index in [0.717, 1.165) is 21.7 Å². The van der Waals surface area contributed by atoms with Crippen molar-refractivity contribution in [3.8, 4) is 0 Å². The molecule has 1 N–H and O–H groups in total. The Morgan fingerprint density at radius 1 is 1.06 bits per heavy atom. The highest BCUT2D eigenvalue weighted by atomic mass is 32.2. The maximum Gasteiger partial charge on any atom is 0.231 e. The molecule has 0 atom stereocenters. The number of nitrogens with one attached hydrogen (secondary N) is 1. The number of piperidine rings is 1. The van der Waals surface area contributed by atoms with Crippen molar-refractivity contribution in [2.75, 3.05) is 36.0 Å². The first-order valence-corrected chi connectivity index (χ1v) is 13.8. The van der Waals surface area contributed by atoms with Crippen LogP contribution < -0.4 is 9.62 Å². The summed E-state index contributed by atoms with van der Waals surface area (Å²) >= 11 is 0. The van der Waals surface area contributed by atoms with E-state index >= 15 is 0 Å². The Morgan fingerprint density at radius 3 is 2.34 bits per heavy atom. The minimum atomic E-state index is -3.46. The molecule has 1 heterocycles. The average Bonchev–Trinajstić information content (AvgIpc) is 2.74. The van der Waals surface area contributed by atoms with Gasteiger partial charge in [0.05, 0.1) is 17.7 Å². The molecule has 0 aliphatic carbocycles. The molecule has 0 saturated carbocycles.